The number of thiazole rings is 1. The minimum Gasteiger partial charge on any atom is -0.748 e. The van der Waals surface area contributed by atoms with Crippen LogP contribution in [0.5, 0.6) is 0 Å². The minimum absolute atomic E-state index is 0.117. The standard InChI is InChI=1S/C16H16N2O4S4/c1-2-17-15(19)13(25-16(17)23)10-14-18(8-5-9-26(20,21)22)11-6-3-4-7-12(11)24-14/h3-4,6-7,10H,2,5,8-9H2,1H3/b13-10-. The summed E-state index contributed by atoms with van der Waals surface area (Å²) in [7, 11) is -4.25. The molecule has 1 saturated heterocycles. The molecule has 26 heavy (non-hydrogen) atoms. The number of likely N-dealkylation sites (N-methyl/N-ethyl adjacent to an activating group) is 1. The van der Waals surface area contributed by atoms with Crippen molar-refractivity contribution in [2.75, 3.05) is 12.3 Å². The molecule has 2 aromatic rings. The zero-order valence-corrected chi connectivity index (χ0v) is 17.1. The van der Waals surface area contributed by atoms with Crippen molar-refractivity contribution in [2.24, 2.45) is 0 Å². The molecule has 1 aromatic carbocycles. The van der Waals surface area contributed by atoms with E-state index in [0.717, 1.165) is 15.2 Å². The minimum atomic E-state index is -4.25. The third-order valence-corrected chi connectivity index (χ3v) is 7.14. The molecule has 1 amide bonds. The van der Waals surface area contributed by atoms with Gasteiger partial charge in [0.2, 0.25) is 5.52 Å². The van der Waals surface area contributed by atoms with Gasteiger partial charge in [-0.05, 0) is 13.0 Å². The van der Waals surface area contributed by atoms with Gasteiger partial charge in [0.1, 0.15) is 9.02 Å². The highest BCUT2D eigenvalue weighted by molar-refractivity contribution is 8.26. The van der Waals surface area contributed by atoms with Crippen LogP contribution in [0.15, 0.2) is 29.2 Å². The number of thioether (sulfide) groups is 1. The third-order valence-electron chi connectivity index (χ3n) is 3.86. The van der Waals surface area contributed by atoms with Crippen LogP contribution in [0.3, 0.4) is 0 Å². The van der Waals surface area contributed by atoms with Crippen LogP contribution in [0.4, 0.5) is 0 Å². The van der Waals surface area contributed by atoms with E-state index in [-0.39, 0.29) is 12.3 Å². The molecule has 6 nitrogen and oxygen atoms in total. The zero-order chi connectivity index (χ0) is 18.9. The lowest BCUT2D eigenvalue weighted by Gasteiger charge is -2.09. The first-order chi connectivity index (χ1) is 12.3. The molecule has 10 heteroatoms. The fraction of sp³-hybridized carbons (Fsp3) is 0.312. The molecule has 0 unspecified atom stereocenters. The lowest BCUT2D eigenvalue weighted by atomic mass is 10.3. The van der Waals surface area contributed by atoms with Crippen LogP contribution in [0.1, 0.15) is 18.4 Å². The van der Waals surface area contributed by atoms with Gasteiger partial charge in [-0.15, -0.1) is 0 Å². The Morgan fingerprint density at radius 1 is 1.35 bits per heavy atom. The summed E-state index contributed by atoms with van der Waals surface area (Å²) in [5.74, 6) is -0.532. The monoisotopic (exact) mass is 428 g/mol. The molecule has 1 fully saturated rings. The first-order valence-electron chi connectivity index (χ1n) is 7.90. The van der Waals surface area contributed by atoms with Gasteiger partial charge in [-0.2, -0.15) is 4.57 Å². The highest BCUT2D eigenvalue weighted by Crippen LogP contribution is 2.33. The fourth-order valence-corrected chi connectivity index (χ4v) is 5.72. The van der Waals surface area contributed by atoms with E-state index in [1.54, 1.807) is 11.0 Å². The number of benzene rings is 1. The number of carbonyl (C=O) groups is 1. The molecule has 0 spiro atoms. The summed E-state index contributed by atoms with van der Waals surface area (Å²) >= 11 is 8.02. The van der Waals surface area contributed by atoms with Crippen LogP contribution < -0.4 is 4.57 Å². The van der Waals surface area contributed by atoms with E-state index in [9.17, 15) is 17.8 Å². The number of hydrogen-bond donors (Lipinski definition) is 0. The second-order valence-electron chi connectivity index (χ2n) is 5.60. The van der Waals surface area contributed by atoms with Crippen LogP contribution in [0.25, 0.3) is 16.3 Å². The molecule has 0 radical (unpaired) electrons. The molecular formula is C16H16N2O4S4. The van der Waals surface area contributed by atoms with Gasteiger partial charge in [0, 0.05) is 30.9 Å². The van der Waals surface area contributed by atoms with Crippen LogP contribution in [0, 0.1) is 0 Å². The van der Waals surface area contributed by atoms with E-state index in [4.69, 9.17) is 12.2 Å². The Morgan fingerprint density at radius 3 is 2.73 bits per heavy atom. The van der Waals surface area contributed by atoms with Gasteiger partial charge in [0.05, 0.1) is 15.0 Å². The van der Waals surface area contributed by atoms with Crippen molar-refractivity contribution < 1.29 is 22.3 Å². The van der Waals surface area contributed by atoms with Gasteiger partial charge in [-0.25, -0.2) is 8.42 Å². The molecule has 1 aromatic heterocycles. The molecule has 0 N–H and O–H groups in total. The Kier molecular flexibility index (Phi) is 5.78. The van der Waals surface area contributed by atoms with E-state index in [0.29, 0.717) is 22.3 Å². The van der Waals surface area contributed by atoms with E-state index < -0.39 is 15.9 Å². The number of carbonyl (C=O) groups excluding carboxylic acids is 1. The smallest absolute Gasteiger partial charge is 0.266 e. The highest BCUT2D eigenvalue weighted by Gasteiger charge is 2.32. The van der Waals surface area contributed by atoms with Crippen LogP contribution in [-0.2, 0) is 21.5 Å². The Hall–Kier alpha value is -1.33. The fourth-order valence-electron chi connectivity index (χ4n) is 2.68. The van der Waals surface area contributed by atoms with Gasteiger partial charge in [-0.1, -0.05) is 47.4 Å². The largest absolute Gasteiger partial charge is 0.748 e. The van der Waals surface area contributed by atoms with E-state index in [2.05, 4.69) is 0 Å². The number of para-hydroxylation sites is 1. The lowest BCUT2D eigenvalue weighted by Crippen LogP contribution is -2.36. The number of amides is 1. The number of nitrogens with zero attached hydrogens (tertiary/aromatic N) is 2. The Morgan fingerprint density at radius 2 is 2.08 bits per heavy atom. The van der Waals surface area contributed by atoms with E-state index in [1.165, 1.54) is 23.1 Å². The molecule has 1 aliphatic heterocycles. The van der Waals surface area contributed by atoms with Crippen LogP contribution >= 0.6 is 35.3 Å². The molecule has 0 atom stereocenters. The van der Waals surface area contributed by atoms with Crippen molar-refractivity contribution in [3.63, 3.8) is 0 Å². The number of aromatic nitrogens is 1. The number of rotatable bonds is 6. The maximum Gasteiger partial charge on any atom is 0.266 e. The highest BCUT2D eigenvalue weighted by atomic mass is 32.2. The molecule has 1 aliphatic rings. The third kappa shape index (κ3) is 4.15. The molecule has 0 aliphatic carbocycles. The maximum absolute atomic E-state index is 12.4. The van der Waals surface area contributed by atoms with E-state index >= 15 is 0 Å². The quantitative estimate of drug-likeness (QED) is 0.304. The first-order valence-corrected chi connectivity index (χ1v) is 11.5. The average molecular weight is 429 g/mol. The summed E-state index contributed by atoms with van der Waals surface area (Å²) in [6, 6.07) is 7.73. The van der Waals surface area contributed by atoms with Gasteiger partial charge in [0.25, 0.3) is 10.9 Å². The first kappa shape index (κ1) is 19.4. The SMILES string of the molecule is CCN1C(=O)/C(=C/c2sc3ccccc3[n+]2CCCS(=O)(=O)[O-])SC1=S. The average Bonchev–Trinajstić information content (AvgIpc) is 3.04. The van der Waals surface area contributed by atoms with Crippen molar-refractivity contribution in [1.82, 2.24) is 4.90 Å². The predicted molar refractivity (Wildman–Crippen MR) is 107 cm³/mol. The van der Waals surface area contributed by atoms with Crippen molar-refractivity contribution in [3.05, 3.63) is 34.2 Å². The second-order valence-corrected chi connectivity index (χ2v) is 9.86. The number of thiocarbonyl (C=S) groups is 1. The summed E-state index contributed by atoms with van der Waals surface area (Å²) in [4.78, 5) is 14.5. The molecular weight excluding hydrogens is 412 g/mol. The maximum atomic E-state index is 12.4. The van der Waals surface area contributed by atoms with Gasteiger partial charge < -0.3 is 4.55 Å². The molecule has 0 bridgehead atoms. The van der Waals surface area contributed by atoms with Gasteiger partial charge in [0.15, 0.2) is 6.54 Å². The summed E-state index contributed by atoms with van der Waals surface area (Å²) in [5, 5.41) is 0.825. The predicted octanol–water partition coefficient (Wildman–Crippen LogP) is 2.35. The lowest BCUT2D eigenvalue weighted by molar-refractivity contribution is -0.668. The topological polar surface area (TPSA) is 81.4 Å². The van der Waals surface area contributed by atoms with Crippen molar-refractivity contribution in [2.45, 2.75) is 19.9 Å². The van der Waals surface area contributed by atoms with Gasteiger partial charge >= 0.3 is 0 Å². The summed E-state index contributed by atoms with van der Waals surface area (Å²) in [6.07, 6.45) is 2.01. The van der Waals surface area contributed by atoms with Crippen molar-refractivity contribution >= 4 is 72.0 Å². The Bertz CT molecular complexity index is 1010. The summed E-state index contributed by atoms with van der Waals surface area (Å²) in [5.41, 5.74) is 0.943. The summed E-state index contributed by atoms with van der Waals surface area (Å²) in [6.45, 7) is 2.78. The number of fused-ring (bicyclic) bond motifs is 1. The Balaban J connectivity index is 1.97. The summed E-state index contributed by atoms with van der Waals surface area (Å²) < 4.78 is 36.2. The normalized spacial score (nSPS) is 17.0. The number of hydrogen-bond acceptors (Lipinski definition) is 7. The molecule has 2 heterocycles. The zero-order valence-electron chi connectivity index (χ0n) is 13.9. The van der Waals surface area contributed by atoms with Crippen molar-refractivity contribution in [1.29, 1.82) is 0 Å². The second kappa shape index (κ2) is 7.73. The van der Waals surface area contributed by atoms with Crippen LogP contribution in [-0.4, -0.2) is 40.4 Å². The van der Waals surface area contributed by atoms with Gasteiger partial charge in [-0.3, -0.25) is 9.69 Å². The number of aryl methyl sites for hydroxylation is 1. The molecule has 138 valence electrons. The molecule has 3 rings (SSSR count). The Labute approximate surface area is 165 Å². The molecule has 0 saturated carbocycles. The van der Waals surface area contributed by atoms with E-state index in [1.807, 2.05) is 35.8 Å². The van der Waals surface area contributed by atoms with Crippen molar-refractivity contribution in [3.8, 4) is 0 Å². The van der Waals surface area contributed by atoms with Crippen LogP contribution in [0.2, 0.25) is 0 Å².